The van der Waals surface area contributed by atoms with Gasteiger partial charge in [-0.2, -0.15) is 0 Å². The van der Waals surface area contributed by atoms with E-state index in [1.165, 1.54) is 11.3 Å². The van der Waals surface area contributed by atoms with Crippen molar-refractivity contribution >= 4 is 34.0 Å². The van der Waals surface area contributed by atoms with Gasteiger partial charge in [-0.3, -0.25) is 4.79 Å². The molecule has 0 aliphatic rings. The Morgan fingerprint density at radius 2 is 1.85 bits per heavy atom. The highest BCUT2D eigenvalue weighted by Gasteiger charge is 2.12. The predicted molar refractivity (Wildman–Crippen MR) is 107 cm³/mol. The van der Waals surface area contributed by atoms with Gasteiger partial charge in [0.1, 0.15) is 5.75 Å². The molecule has 0 saturated heterocycles. The number of carbonyl (C=O) groups is 1. The molecule has 3 aromatic rings. The highest BCUT2D eigenvalue weighted by atomic mass is 32.1. The van der Waals surface area contributed by atoms with Crippen molar-refractivity contribution in [2.24, 2.45) is 0 Å². The second kappa shape index (κ2) is 8.13. The first kappa shape index (κ1) is 18.8. The number of hydrogen-bond acceptors (Lipinski definition) is 7. The number of aryl methyl sites for hydroxylation is 3. The van der Waals surface area contributed by atoms with E-state index in [-0.39, 0.29) is 12.3 Å². The zero-order valence-corrected chi connectivity index (χ0v) is 16.5. The Bertz CT molecular complexity index is 950. The summed E-state index contributed by atoms with van der Waals surface area (Å²) in [4.78, 5) is 25.5. The van der Waals surface area contributed by atoms with E-state index in [9.17, 15) is 4.79 Å². The van der Waals surface area contributed by atoms with Crippen molar-refractivity contribution in [1.82, 2.24) is 15.0 Å². The van der Waals surface area contributed by atoms with E-state index in [0.29, 0.717) is 28.2 Å². The first-order chi connectivity index (χ1) is 12.9. The van der Waals surface area contributed by atoms with Gasteiger partial charge < -0.3 is 15.4 Å². The molecule has 0 aliphatic heterocycles. The fraction of sp³-hybridized carbons (Fsp3) is 0.263. The number of nitrogens with zero attached hydrogens (tertiary/aromatic N) is 3. The lowest BCUT2D eigenvalue weighted by molar-refractivity contribution is -0.115. The number of aromatic nitrogens is 3. The maximum absolute atomic E-state index is 12.4. The van der Waals surface area contributed by atoms with Crippen molar-refractivity contribution in [1.29, 1.82) is 0 Å². The molecule has 0 saturated carbocycles. The number of thiazole rings is 1. The third-order valence-corrected chi connectivity index (χ3v) is 4.53. The van der Waals surface area contributed by atoms with Crippen LogP contribution in [0.1, 0.15) is 22.6 Å². The van der Waals surface area contributed by atoms with Crippen LogP contribution in [-0.2, 0) is 11.2 Å². The van der Waals surface area contributed by atoms with Gasteiger partial charge in [-0.05, 0) is 44.5 Å². The predicted octanol–water partition coefficient (Wildman–Crippen LogP) is 3.79. The Labute approximate surface area is 161 Å². The van der Waals surface area contributed by atoms with Crippen LogP contribution in [0.25, 0.3) is 0 Å². The molecule has 0 bridgehead atoms. The number of methoxy groups -OCH3 is 1. The zero-order valence-electron chi connectivity index (χ0n) is 15.7. The van der Waals surface area contributed by atoms with Gasteiger partial charge in [0.25, 0.3) is 0 Å². The quantitative estimate of drug-likeness (QED) is 0.673. The number of anilines is 3. The van der Waals surface area contributed by atoms with Crippen molar-refractivity contribution in [3.63, 3.8) is 0 Å². The fourth-order valence-corrected chi connectivity index (χ4v) is 3.31. The van der Waals surface area contributed by atoms with Crippen molar-refractivity contribution < 1.29 is 9.53 Å². The van der Waals surface area contributed by atoms with Gasteiger partial charge in [0.05, 0.1) is 24.9 Å². The molecule has 3 rings (SSSR count). The molecule has 0 aliphatic carbocycles. The van der Waals surface area contributed by atoms with E-state index in [0.717, 1.165) is 17.0 Å². The molecule has 1 amide bonds. The number of rotatable bonds is 6. The lowest BCUT2D eigenvalue weighted by Crippen LogP contribution is -2.15. The maximum Gasteiger partial charge on any atom is 0.230 e. The normalized spacial score (nSPS) is 10.5. The maximum atomic E-state index is 12.4. The minimum absolute atomic E-state index is 0.154. The molecule has 1 aromatic carbocycles. The summed E-state index contributed by atoms with van der Waals surface area (Å²) in [5.74, 6) is 0.974. The van der Waals surface area contributed by atoms with E-state index in [4.69, 9.17) is 4.74 Å². The molecule has 2 heterocycles. The number of benzene rings is 1. The smallest absolute Gasteiger partial charge is 0.230 e. The molecule has 0 fully saturated rings. The van der Waals surface area contributed by atoms with Gasteiger partial charge in [0.15, 0.2) is 5.13 Å². The Kier molecular flexibility index (Phi) is 5.66. The average molecular weight is 383 g/mol. The van der Waals surface area contributed by atoms with Crippen molar-refractivity contribution in [3.8, 4) is 5.75 Å². The van der Waals surface area contributed by atoms with E-state index in [1.54, 1.807) is 7.11 Å². The van der Waals surface area contributed by atoms with Crippen molar-refractivity contribution in [3.05, 3.63) is 52.3 Å². The van der Waals surface area contributed by atoms with Crippen LogP contribution in [0.15, 0.2) is 29.6 Å². The number of hydrogen-bond donors (Lipinski definition) is 2. The topological polar surface area (TPSA) is 89.0 Å². The highest BCUT2D eigenvalue weighted by molar-refractivity contribution is 7.13. The van der Waals surface area contributed by atoms with E-state index < -0.39 is 0 Å². The summed E-state index contributed by atoms with van der Waals surface area (Å²) in [6.07, 6.45) is 0.170. The van der Waals surface area contributed by atoms with Crippen molar-refractivity contribution in [2.75, 3.05) is 17.7 Å². The zero-order chi connectivity index (χ0) is 19.4. The largest absolute Gasteiger partial charge is 0.495 e. The molecule has 0 unspecified atom stereocenters. The minimum Gasteiger partial charge on any atom is -0.495 e. The van der Waals surface area contributed by atoms with Crippen LogP contribution >= 0.6 is 11.3 Å². The molecular formula is C19H21N5O2S. The van der Waals surface area contributed by atoms with Gasteiger partial charge in [-0.1, -0.05) is 6.07 Å². The van der Waals surface area contributed by atoms with Gasteiger partial charge in [0, 0.05) is 16.8 Å². The Morgan fingerprint density at radius 3 is 2.56 bits per heavy atom. The van der Waals surface area contributed by atoms with Gasteiger partial charge in [-0.15, -0.1) is 11.3 Å². The average Bonchev–Trinajstić information content (AvgIpc) is 3.00. The molecule has 27 heavy (non-hydrogen) atoms. The molecule has 140 valence electrons. The minimum atomic E-state index is -0.154. The van der Waals surface area contributed by atoms with E-state index in [2.05, 4.69) is 25.6 Å². The summed E-state index contributed by atoms with van der Waals surface area (Å²) >= 11 is 1.41. The number of nitrogens with one attached hydrogen (secondary N) is 2. The van der Waals surface area contributed by atoms with Crippen LogP contribution in [0.5, 0.6) is 5.75 Å². The van der Waals surface area contributed by atoms with Crippen LogP contribution < -0.4 is 15.4 Å². The molecular weight excluding hydrogens is 362 g/mol. The van der Waals surface area contributed by atoms with Crippen LogP contribution in [0.4, 0.5) is 16.8 Å². The summed E-state index contributed by atoms with van der Waals surface area (Å²) in [6.45, 7) is 5.79. The van der Waals surface area contributed by atoms with Gasteiger partial charge in [0.2, 0.25) is 11.9 Å². The molecule has 2 aromatic heterocycles. The molecule has 2 N–H and O–H groups in total. The summed E-state index contributed by atoms with van der Waals surface area (Å²) in [6, 6.07) is 7.55. The number of amides is 1. The van der Waals surface area contributed by atoms with Crippen LogP contribution in [0.2, 0.25) is 0 Å². The molecule has 8 heteroatoms. The lowest BCUT2D eigenvalue weighted by Gasteiger charge is -2.10. The van der Waals surface area contributed by atoms with E-state index in [1.807, 2.05) is 50.4 Å². The second-order valence-electron chi connectivity index (χ2n) is 6.17. The van der Waals surface area contributed by atoms with Crippen LogP contribution in [0, 0.1) is 20.8 Å². The first-order valence-electron chi connectivity index (χ1n) is 8.41. The van der Waals surface area contributed by atoms with Crippen LogP contribution in [-0.4, -0.2) is 28.0 Å². The van der Waals surface area contributed by atoms with E-state index >= 15 is 0 Å². The number of carbonyl (C=O) groups excluding carboxylic acids is 1. The van der Waals surface area contributed by atoms with Gasteiger partial charge >= 0.3 is 0 Å². The molecule has 0 atom stereocenters. The molecule has 7 nitrogen and oxygen atoms in total. The summed E-state index contributed by atoms with van der Waals surface area (Å²) in [7, 11) is 1.58. The third-order valence-electron chi connectivity index (χ3n) is 3.72. The summed E-state index contributed by atoms with van der Waals surface area (Å²) in [5, 5.41) is 8.46. The lowest BCUT2D eigenvalue weighted by atomic mass is 10.2. The second-order valence-corrected chi connectivity index (χ2v) is 7.03. The Balaban J connectivity index is 1.65. The Hall–Kier alpha value is -3.00. The third kappa shape index (κ3) is 5.01. The molecule has 0 spiro atoms. The monoisotopic (exact) mass is 383 g/mol. The Morgan fingerprint density at radius 1 is 1.11 bits per heavy atom. The number of ether oxygens (including phenoxy) is 1. The van der Waals surface area contributed by atoms with Crippen LogP contribution in [0.3, 0.4) is 0 Å². The first-order valence-corrected chi connectivity index (χ1v) is 9.29. The van der Waals surface area contributed by atoms with Gasteiger partial charge in [-0.25, -0.2) is 15.0 Å². The highest BCUT2D eigenvalue weighted by Crippen LogP contribution is 2.26. The summed E-state index contributed by atoms with van der Waals surface area (Å²) in [5.41, 5.74) is 4.14. The molecule has 0 radical (unpaired) electrons. The standard InChI is InChI=1S/C19H21N5O2S/c1-11-5-6-16(26-4)15(7-11)23-17(25)9-14-10-27-19(22-14)24-18-20-12(2)8-13(3)21-18/h5-8,10H,9H2,1-4H3,(H,23,25)(H,20,21,22,24). The SMILES string of the molecule is COc1ccc(C)cc1NC(=O)Cc1csc(Nc2nc(C)cc(C)n2)n1. The fourth-order valence-electron chi connectivity index (χ4n) is 2.60. The van der Waals surface area contributed by atoms with Crippen molar-refractivity contribution in [2.45, 2.75) is 27.2 Å². The summed E-state index contributed by atoms with van der Waals surface area (Å²) < 4.78 is 5.29.